The van der Waals surface area contributed by atoms with Gasteiger partial charge in [-0.15, -0.1) is 0 Å². The second-order valence-electron chi connectivity index (χ2n) is 7.16. The van der Waals surface area contributed by atoms with Gasteiger partial charge in [-0.1, -0.05) is 88.0 Å². The molecule has 4 aliphatic rings. The first-order valence-electron chi connectivity index (χ1n) is 7.18. The number of benzene rings is 1. The Balaban J connectivity index is 1.64. The summed E-state index contributed by atoms with van der Waals surface area (Å²) >= 11 is 16.0. The largest absolute Gasteiger partial charge is 0.0936 e. The maximum atomic E-state index is 4.08. The van der Waals surface area contributed by atoms with Crippen LogP contribution >= 0.6 is 63.7 Å². The van der Waals surface area contributed by atoms with Crippen LogP contribution in [-0.4, -0.2) is 6.47 Å². The van der Waals surface area contributed by atoms with Crippen molar-refractivity contribution < 1.29 is 0 Å². The van der Waals surface area contributed by atoms with Crippen molar-refractivity contribution in [2.45, 2.75) is 32.2 Å². The molecule has 5 rings (SSSR count). The Labute approximate surface area is 153 Å². The van der Waals surface area contributed by atoms with Crippen LogP contribution in [0.15, 0.2) is 24.3 Å². The average Bonchev–Trinajstić information content (AvgIpc) is 3.09. The SMILES string of the molecule is BrC1(Br)[C@@H]2C[C@]34Cc5ccccc5C[C@@]3(C[C@H]21)C4(Br)Br. The summed E-state index contributed by atoms with van der Waals surface area (Å²) in [5.41, 5.74) is 3.94. The maximum Gasteiger partial charge on any atom is 0.0936 e. The van der Waals surface area contributed by atoms with Crippen molar-refractivity contribution in [3.05, 3.63) is 35.4 Å². The molecule has 0 aliphatic heterocycles. The summed E-state index contributed by atoms with van der Waals surface area (Å²) in [5, 5.41) is 0. The van der Waals surface area contributed by atoms with E-state index in [2.05, 4.69) is 88.0 Å². The highest BCUT2D eigenvalue weighted by atomic mass is 79.9. The molecule has 1 aromatic rings. The lowest BCUT2D eigenvalue weighted by molar-refractivity contribution is 0.211. The molecule has 0 bridgehead atoms. The van der Waals surface area contributed by atoms with E-state index in [1.165, 1.54) is 25.7 Å². The first-order chi connectivity index (χ1) is 9.36. The molecule has 0 N–H and O–H groups in total. The number of hydrogen-bond acceptors (Lipinski definition) is 0. The van der Waals surface area contributed by atoms with Gasteiger partial charge in [-0.25, -0.2) is 0 Å². The van der Waals surface area contributed by atoms with Crippen molar-refractivity contribution in [3.63, 3.8) is 0 Å². The van der Waals surface area contributed by atoms with E-state index < -0.39 is 0 Å². The van der Waals surface area contributed by atoms with Crippen LogP contribution in [-0.2, 0) is 12.8 Å². The fourth-order valence-electron chi connectivity index (χ4n) is 5.41. The van der Waals surface area contributed by atoms with E-state index in [1.54, 1.807) is 11.1 Å². The van der Waals surface area contributed by atoms with Crippen LogP contribution in [0.2, 0.25) is 0 Å². The van der Waals surface area contributed by atoms with Crippen LogP contribution < -0.4 is 0 Å². The Morgan fingerprint density at radius 2 is 1.25 bits per heavy atom. The molecule has 106 valence electrons. The van der Waals surface area contributed by atoms with Gasteiger partial charge in [0.25, 0.3) is 0 Å². The third-order valence-corrected chi connectivity index (χ3v) is 12.0. The highest BCUT2D eigenvalue weighted by molar-refractivity contribution is 9.26. The molecule has 0 aromatic heterocycles. The van der Waals surface area contributed by atoms with Crippen molar-refractivity contribution >= 4 is 63.7 Å². The van der Waals surface area contributed by atoms with E-state index in [1.807, 2.05) is 0 Å². The Bertz CT molecular complexity index is 586. The minimum absolute atomic E-state index is 0.141. The van der Waals surface area contributed by atoms with Crippen molar-refractivity contribution in [1.82, 2.24) is 0 Å². The lowest BCUT2D eigenvalue weighted by atomic mass is 9.69. The second-order valence-corrected chi connectivity index (χ2v) is 14.3. The molecule has 3 saturated carbocycles. The molecule has 0 nitrogen and oxygen atoms in total. The van der Waals surface area contributed by atoms with Gasteiger partial charge in [0.05, 0.1) is 6.47 Å². The number of fused-ring (bicyclic) bond motifs is 2. The minimum Gasteiger partial charge on any atom is -0.0721 e. The van der Waals surface area contributed by atoms with Crippen LogP contribution in [0.25, 0.3) is 0 Å². The third kappa shape index (κ3) is 1.24. The highest BCUT2D eigenvalue weighted by Crippen LogP contribution is 2.93. The van der Waals surface area contributed by atoms with Crippen LogP contribution in [0.4, 0.5) is 0 Å². The minimum atomic E-state index is 0.141. The zero-order chi connectivity index (χ0) is 14.0. The summed E-state index contributed by atoms with van der Waals surface area (Å²) in [5.74, 6) is 1.58. The molecule has 0 heterocycles. The first kappa shape index (κ1) is 13.6. The lowest BCUT2D eigenvalue weighted by Crippen LogP contribution is -2.29. The fourth-order valence-corrected chi connectivity index (χ4v) is 9.60. The summed E-state index contributed by atoms with van der Waals surface area (Å²) < 4.78 is 0.364. The Morgan fingerprint density at radius 1 is 0.800 bits per heavy atom. The van der Waals surface area contributed by atoms with E-state index in [-0.39, 0.29) is 6.47 Å². The molecular formula is C16H14Br4. The lowest BCUT2D eigenvalue weighted by Gasteiger charge is -2.34. The van der Waals surface area contributed by atoms with Crippen LogP contribution in [0.1, 0.15) is 24.0 Å². The zero-order valence-corrected chi connectivity index (χ0v) is 17.1. The summed E-state index contributed by atoms with van der Waals surface area (Å²) in [4.78, 5) is 0. The predicted molar refractivity (Wildman–Crippen MR) is 96.1 cm³/mol. The van der Waals surface area contributed by atoms with Gasteiger partial charge in [0.1, 0.15) is 0 Å². The molecule has 4 aliphatic carbocycles. The summed E-state index contributed by atoms with van der Waals surface area (Å²) in [6, 6.07) is 9.04. The van der Waals surface area contributed by atoms with E-state index in [4.69, 9.17) is 0 Å². The van der Waals surface area contributed by atoms with Crippen LogP contribution in [0.5, 0.6) is 0 Å². The van der Waals surface area contributed by atoms with E-state index >= 15 is 0 Å². The number of hydrogen-bond donors (Lipinski definition) is 0. The van der Waals surface area contributed by atoms with Gasteiger partial charge >= 0.3 is 0 Å². The molecule has 3 fully saturated rings. The normalized spacial score (nSPS) is 48.4. The second kappa shape index (κ2) is 3.62. The summed E-state index contributed by atoms with van der Waals surface area (Å²) in [7, 11) is 0. The molecule has 0 amide bonds. The first-order valence-corrected chi connectivity index (χ1v) is 10.4. The average molecular weight is 526 g/mol. The monoisotopic (exact) mass is 522 g/mol. The van der Waals surface area contributed by atoms with Gasteiger partial charge in [-0.2, -0.15) is 0 Å². The molecule has 4 atom stereocenters. The van der Waals surface area contributed by atoms with Gasteiger partial charge < -0.3 is 0 Å². The maximum absolute atomic E-state index is 4.08. The van der Waals surface area contributed by atoms with Crippen molar-refractivity contribution in [2.75, 3.05) is 0 Å². The van der Waals surface area contributed by atoms with E-state index in [0.717, 1.165) is 11.8 Å². The zero-order valence-electron chi connectivity index (χ0n) is 10.8. The van der Waals surface area contributed by atoms with Gasteiger partial charge in [-0.3, -0.25) is 0 Å². The predicted octanol–water partition coefficient (Wildman–Crippen LogP) is 5.78. The smallest absolute Gasteiger partial charge is 0.0721 e. The Morgan fingerprint density at radius 3 is 1.70 bits per heavy atom. The summed E-state index contributed by atoms with van der Waals surface area (Å²) in [6.45, 7) is 0. The molecule has 20 heavy (non-hydrogen) atoms. The van der Waals surface area contributed by atoms with Gasteiger partial charge in [0.2, 0.25) is 0 Å². The van der Waals surface area contributed by atoms with Crippen LogP contribution in [0.3, 0.4) is 0 Å². The topological polar surface area (TPSA) is 0 Å². The molecule has 0 radical (unpaired) electrons. The van der Waals surface area contributed by atoms with Crippen LogP contribution in [0, 0.1) is 22.7 Å². The molecule has 0 saturated heterocycles. The van der Waals surface area contributed by atoms with E-state index in [0.29, 0.717) is 10.8 Å². The standard InChI is InChI=1S/C16H14Br4/c17-15(18)11-7-13-5-9-3-1-2-4-10(9)6-14(13,8-12(11)15)16(13,19)20/h1-4,11-12H,5-8H2/t11-,12-,13-,14+/m1/s1. The molecule has 1 aromatic carbocycles. The summed E-state index contributed by atoms with van der Waals surface area (Å²) in [6.07, 6.45) is 5.08. The highest BCUT2D eigenvalue weighted by Gasteiger charge is 2.90. The molecule has 4 heteroatoms. The quantitative estimate of drug-likeness (QED) is 0.377. The van der Waals surface area contributed by atoms with Crippen molar-refractivity contribution in [1.29, 1.82) is 0 Å². The van der Waals surface area contributed by atoms with Gasteiger partial charge in [-0.05, 0) is 48.6 Å². The van der Waals surface area contributed by atoms with Gasteiger partial charge in [0.15, 0.2) is 0 Å². The fraction of sp³-hybridized carbons (Fsp3) is 0.625. The van der Waals surface area contributed by atoms with Crippen molar-refractivity contribution in [2.24, 2.45) is 22.7 Å². The number of rotatable bonds is 0. The Kier molecular flexibility index (Phi) is 2.46. The third-order valence-electron chi connectivity index (χ3n) is 6.66. The Hall–Kier alpha value is 1.14. The molecule has 0 spiro atoms. The van der Waals surface area contributed by atoms with E-state index in [9.17, 15) is 0 Å². The van der Waals surface area contributed by atoms with Crippen molar-refractivity contribution in [3.8, 4) is 0 Å². The van der Waals surface area contributed by atoms with Gasteiger partial charge in [0, 0.05) is 10.8 Å². The molecule has 0 unspecified atom stereocenters. The number of halogens is 4. The number of alkyl halides is 4. The molecular weight excluding hydrogens is 512 g/mol.